The van der Waals surface area contributed by atoms with E-state index >= 15 is 0 Å². The first kappa shape index (κ1) is 9.25. The lowest BCUT2D eigenvalue weighted by molar-refractivity contribution is 0.112. The third-order valence-corrected chi connectivity index (χ3v) is 2.39. The second-order valence-electron chi connectivity index (χ2n) is 3.95. The molecule has 1 aromatic carbocycles. The zero-order valence-electron chi connectivity index (χ0n) is 8.32. The van der Waals surface area contributed by atoms with Gasteiger partial charge in [-0.2, -0.15) is 0 Å². The molecule has 0 atom stereocenters. The van der Waals surface area contributed by atoms with Crippen LogP contribution in [-0.4, -0.2) is 12.9 Å². The quantitative estimate of drug-likeness (QED) is 0.682. The summed E-state index contributed by atoms with van der Waals surface area (Å²) < 4.78 is 5.59. The number of rotatable bonds is 4. The molecule has 0 unspecified atom stereocenters. The van der Waals surface area contributed by atoms with Crippen molar-refractivity contribution >= 4 is 6.29 Å². The molecule has 74 valence electrons. The second kappa shape index (κ2) is 3.82. The summed E-state index contributed by atoms with van der Waals surface area (Å²) in [6.07, 6.45) is 3.43. The molecular weight excluding hydrogens is 176 g/mol. The van der Waals surface area contributed by atoms with Crippen molar-refractivity contribution in [1.29, 1.82) is 0 Å². The van der Waals surface area contributed by atoms with E-state index in [4.69, 9.17) is 4.74 Å². The van der Waals surface area contributed by atoms with Crippen LogP contribution in [0.15, 0.2) is 18.2 Å². The van der Waals surface area contributed by atoms with Gasteiger partial charge in [0.1, 0.15) is 12.0 Å². The fourth-order valence-corrected chi connectivity index (χ4v) is 1.43. The number of ether oxygens (including phenoxy) is 1. The van der Waals surface area contributed by atoms with E-state index in [1.807, 2.05) is 19.1 Å². The van der Waals surface area contributed by atoms with Crippen molar-refractivity contribution in [2.24, 2.45) is 5.92 Å². The maximum Gasteiger partial charge on any atom is 0.150 e. The van der Waals surface area contributed by atoms with Crippen LogP contribution < -0.4 is 4.74 Å². The van der Waals surface area contributed by atoms with Crippen LogP contribution in [0, 0.1) is 12.8 Å². The van der Waals surface area contributed by atoms with Gasteiger partial charge in [-0.25, -0.2) is 0 Å². The summed E-state index contributed by atoms with van der Waals surface area (Å²) in [7, 11) is 0. The van der Waals surface area contributed by atoms with Crippen molar-refractivity contribution in [3.05, 3.63) is 29.3 Å². The molecule has 0 amide bonds. The molecule has 0 saturated heterocycles. The lowest BCUT2D eigenvalue weighted by atomic mass is 10.1. The maximum atomic E-state index is 10.6. The topological polar surface area (TPSA) is 26.3 Å². The lowest BCUT2D eigenvalue weighted by Gasteiger charge is -2.06. The predicted molar refractivity (Wildman–Crippen MR) is 54.8 cm³/mol. The minimum absolute atomic E-state index is 0.691. The van der Waals surface area contributed by atoms with Crippen molar-refractivity contribution < 1.29 is 9.53 Å². The normalized spacial score (nSPS) is 15.2. The molecule has 0 aromatic heterocycles. The predicted octanol–water partition coefficient (Wildman–Crippen LogP) is 2.60. The second-order valence-corrected chi connectivity index (χ2v) is 3.95. The minimum Gasteiger partial charge on any atom is -0.493 e. The number of hydrogen-bond donors (Lipinski definition) is 0. The molecule has 1 aliphatic rings. The zero-order valence-corrected chi connectivity index (χ0v) is 8.32. The summed E-state index contributed by atoms with van der Waals surface area (Å²) in [5, 5.41) is 0. The molecule has 0 radical (unpaired) electrons. The Morgan fingerprint density at radius 2 is 2.21 bits per heavy atom. The first-order chi connectivity index (χ1) is 6.78. The Labute approximate surface area is 83.9 Å². The van der Waals surface area contributed by atoms with E-state index in [2.05, 4.69) is 0 Å². The van der Waals surface area contributed by atoms with Gasteiger partial charge in [0.2, 0.25) is 0 Å². The Balaban J connectivity index is 2.06. The van der Waals surface area contributed by atoms with E-state index in [1.54, 1.807) is 6.07 Å². The van der Waals surface area contributed by atoms with Crippen LogP contribution in [-0.2, 0) is 0 Å². The Bertz CT molecular complexity index is 340. The monoisotopic (exact) mass is 190 g/mol. The molecule has 2 nitrogen and oxygen atoms in total. The van der Waals surface area contributed by atoms with Crippen LogP contribution in [0.2, 0.25) is 0 Å². The molecular formula is C12H14O2. The number of carbonyl (C=O) groups excluding carboxylic acids is 1. The fourth-order valence-electron chi connectivity index (χ4n) is 1.43. The first-order valence-corrected chi connectivity index (χ1v) is 4.97. The van der Waals surface area contributed by atoms with Gasteiger partial charge < -0.3 is 4.74 Å². The Morgan fingerprint density at radius 1 is 1.43 bits per heavy atom. The summed E-state index contributed by atoms with van der Waals surface area (Å²) in [6, 6.07) is 5.62. The van der Waals surface area contributed by atoms with Gasteiger partial charge in [0, 0.05) is 5.56 Å². The Morgan fingerprint density at radius 3 is 2.86 bits per heavy atom. The molecule has 0 heterocycles. The van der Waals surface area contributed by atoms with Crippen molar-refractivity contribution in [2.75, 3.05) is 6.61 Å². The Kier molecular flexibility index (Phi) is 2.53. The summed E-state index contributed by atoms with van der Waals surface area (Å²) in [6.45, 7) is 2.76. The van der Waals surface area contributed by atoms with Gasteiger partial charge in [0.05, 0.1) is 6.61 Å². The molecule has 1 aliphatic carbocycles. The number of benzene rings is 1. The van der Waals surface area contributed by atoms with Crippen molar-refractivity contribution in [3.8, 4) is 5.75 Å². The van der Waals surface area contributed by atoms with Gasteiger partial charge in [-0.05, 0) is 49.4 Å². The SMILES string of the molecule is Cc1cc(C=O)cc(OCC2CC2)c1. The van der Waals surface area contributed by atoms with Crippen LogP contribution in [0.25, 0.3) is 0 Å². The van der Waals surface area contributed by atoms with E-state index in [-0.39, 0.29) is 0 Å². The Hall–Kier alpha value is -1.31. The highest BCUT2D eigenvalue weighted by Crippen LogP contribution is 2.29. The molecule has 1 saturated carbocycles. The van der Waals surface area contributed by atoms with Gasteiger partial charge in [0.25, 0.3) is 0 Å². The van der Waals surface area contributed by atoms with Crippen LogP contribution in [0.5, 0.6) is 5.75 Å². The lowest BCUT2D eigenvalue weighted by Crippen LogP contribution is -1.99. The summed E-state index contributed by atoms with van der Waals surface area (Å²) in [5.41, 5.74) is 1.76. The van der Waals surface area contributed by atoms with Crippen LogP contribution in [0.1, 0.15) is 28.8 Å². The maximum absolute atomic E-state index is 10.6. The van der Waals surface area contributed by atoms with E-state index in [0.29, 0.717) is 5.56 Å². The molecule has 1 aromatic rings. The molecule has 0 N–H and O–H groups in total. The van der Waals surface area contributed by atoms with Gasteiger partial charge >= 0.3 is 0 Å². The molecule has 14 heavy (non-hydrogen) atoms. The van der Waals surface area contributed by atoms with Gasteiger partial charge in [-0.15, -0.1) is 0 Å². The average molecular weight is 190 g/mol. The summed E-state index contributed by atoms with van der Waals surface area (Å²) in [4.78, 5) is 10.6. The molecule has 1 fully saturated rings. The molecule has 0 bridgehead atoms. The highest BCUT2D eigenvalue weighted by Gasteiger charge is 2.21. The van der Waals surface area contributed by atoms with Crippen LogP contribution in [0.4, 0.5) is 0 Å². The number of hydrogen-bond acceptors (Lipinski definition) is 2. The molecule has 2 heteroatoms. The highest BCUT2D eigenvalue weighted by atomic mass is 16.5. The van der Waals surface area contributed by atoms with Gasteiger partial charge in [0.15, 0.2) is 0 Å². The fraction of sp³-hybridized carbons (Fsp3) is 0.417. The van der Waals surface area contributed by atoms with Crippen molar-refractivity contribution in [1.82, 2.24) is 0 Å². The van der Waals surface area contributed by atoms with Gasteiger partial charge in [-0.3, -0.25) is 4.79 Å². The number of aldehydes is 1. The standard InChI is InChI=1S/C12H14O2/c1-9-4-11(7-13)6-12(5-9)14-8-10-2-3-10/h4-7,10H,2-3,8H2,1H3. The van der Waals surface area contributed by atoms with Crippen molar-refractivity contribution in [3.63, 3.8) is 0 Å². The average Bonchev–Trinajstić information content (AvgIpc) is 2.97. The van der Waals surface area contributed by atoms with Crippen LogP contribution in [0.3, 0.4) is 0 Å². The van der Waals surface area contributed by atoms with E-state index in [0.717, 1.165) is 30.1 Å². The number of carbonyl (C=O) groups is 1. The van der Waals surface area contributed by atoms with E-state index < -0.39 is 0 Å². The third kappa shape index (κ3) is 2.34. The largest absolute Gasteiger partial charge is 0.493 e. The van der Waals surface area contributed by atoms with Crippen LogP contribution >= 0.6 is 0 Å². The van der Waals surface area contributed by atoms with Gasteiger partial charge in [-0.1, -0.05) is 0 Å². The zero-order chi connectivity index (χ0) is 9.97. The smallest absolute Gasteiger partial charge is 0.150 e. The summed E-state index contributed by atoms with van der Waals surface area (Å²) >= 11 is 0. The first-order valence-electron chi connectivity index (χ1n) is 4.97. The molecule has 2 rings (SSSR count). The highest BCUT2D eigenvalue weighted by molar-refractivity contribution is 5.76. The molecule has 0 spiro atoms. The van der Waals surface area contributed by atoms with E-state index in [9.17, 15) is 4.79 Å². The minimum atomic E-state index is 0.691. The number of aryl methyl sites for hydroxylation is 1. The van der Waals surface area contributed by atoms with Crippen molar-refractivity contribution in [2.45, 2.75) is 19.8 Å². The third-order valence-electron chi connectivity index (χ3n) is 2.39. The molecule has 0 aliphatic heterocycles. The van der Waals surface area contributed by atoms with E-state index in [1.165, 1.54) is 12.8 Å². The summed E-state index contributed by atoms with van der Waals surface area (Å²) in [5.74, 6) is 1.56.